The predicted octanol–water partition coefficient (Wildman–Crippen LogP) is 2.29. The number of pyridine rings is 1. The second-order valence-electron chi connectivity index (χ2n) is 2.26. The molecule has 0 aromatic carbocycles. The van der Waals surface area contributed by atoms with Crippen molar-refractivity contribution < 1.29 is 4.74 Å². The molecule has 11 heavy (non-hydrogen) atoms. The van der Waals surface area contributed by atoms with Crippen LogP contribution in [0.3, 0.4) is 0 Å². The number of aromatic nitrogens is 1. The van der Waals surface area contributed by atoms with E-state index in [0.717, 1.165) is 22.3 Å². The summed E-state index contributed by atoms with van der Waals surface area (Å²) in [5, 5.41) is 0.816. The van der Waals surface area contributed by atoms with Gasteiger partial charge in [0.15, 0.2) is 0 Å². The molecule has 2 nitrogen and oxygen atoms in total. The molecule has 0 aliphatic rings. The summed E-state index contributed by atoms with van der Waals surface area (Å²) < 4.78 is 5.10. The molecule has 0 radical (unpaired) electrons. The normalized spacial score (nSPS) is 9.73. The van der Waals surface area contributed by atoms with Gasteiger partial charge < -0.3 is 4.74 Å². The lowest BCUT2D eigenvalue weighted by atomic mass is 10.2. The Balaban J connectivity index is 3.02. The van der Waals surface area contributed by atoms with Crippen molar-refractivity contribution in [2.45, 2.75) is 12.3 Å². The Kier molecular flexibility index (Phi) is 2.88. The second-order valence-corrected chi connectivity index (χ2v) is 2.83. The lowest BCUT2D eigenvalue weighted by Gasteiger charge is -2.03. The Bertz CT molecular complexity index is 250. The van der Waals surface area contributed by atoms with Crippen LogP contribution in [-0.2, 0) is 5.33 Å². The van der Waals surface area contributed by atoms with E-state index in [0.29, 0.717) is 0 Å². The number of hydrogen-bond donors (Lipinski definition) is 0. The zero-order chi connectivity index (χ0) is 8.27. The molecule has 1 heterocycles. The topological polar surface area (TPSA) is 22.1 Å². The smallest absolute Gasteiger partial charge is 0.140 e. The Morgan fingerprint density at radius 3 is 2.91 bits per heavy atom. The van der Waals surface area contributed by atoms with E-state index in [9.17, 15) is 0 Å². The Hall–Kier alpha value is -0.570. The van der Waals surface area contributed by atoms with Crippen molar-refractivity contribution in [2.24, 2.45) is 0 Å². The van der Waals surface area contributed by atoms with Gasteiger partial charge in [-0.05, 0) is 18.6 Å². The molecule has 0 bridgehead atoms. The first kappa shape index (κ1) is 8.53. The lowest BCUT2D eigenvalue weighted by molar-refractivity contribution is 0.409. The van der Waals surface area contributed by atoms with Crippen LogP contribution in [0.25, 0.3) is 0 Å². The Morgan fingerprint density at radius 1 is 1.64 bits per heavy atom. The van der Waals surface area contributed by atoms with Gasteiger partial charge in [-0.25, -0.2) is 0 Å². The van der Waals surface area contributed by atoms with E-state index in [1.165, 1.54) is 0 Å². The molecule has 0 amide bonds. The SMILES string of the molecule is COc1cc(CBr)cnc1C. The maximum atomic E-state index is 5.10. The lowest BCUT2D eigenvalue weighted by Crippen LogP contribution is -1.91. The molecule has 1 aromatic heterocycles. The number of ether oxygens (including phenoxy) is 1. The summed E-state index contributed by atoms with van der Waals surface area (Å²) in [7, 11) is 1.65. The van der Waals surface area contributed by atoms with Crippen molar-refractivity contribution in [2.75, 3.05) is 7.11 Å². The van der Waals surface area contributed by atoms with E-state index < -0.39 is 0 Å². The van der Waals surface area contributed by atoms with Crippen molar-refractivity contribution >= 4 is 15.9 Å². The molecule has 60 valence electrons. The standard InChI is InChI=1S/C8H10BrNO/c1-6-8(11-2)3-7(4-9)5-10-6/h3,5H,4H2,1-2H3. The van der Waals surface area contributed by atoms with E-state index in [4.69, 9.17) is 4.74 Å². The molecular formula is C8H10BrNO. The quantitative estimate of drug-likeness (QED) is 0.707. The van der Waals surface area contributed by atoms with Gasteiger partial charge in [-0.15, -0.1) is 0 Å². The first-order valence-corrected chi connectivity index (χ1v) is 4.45. The molecule has 0 saturated carbocycles. The molecule has 0 fully saturated rings. The van der Waals surface area contributed by atoms with Gasteiger partial charge in [0.2, 0.25) is 0 Å². The van der Waals surface area contributed by atoms with Crippen LogP contribution in [0.5, 0.6) is 5.75 Å². The molecule has 0 atom stereocenters. The van der Waals surface area contributed by atoms with E-state index in [-0.39, 0.29) is 0 Å². The Labute approximate surface area is 74.7 Å². The van der Waals surface area contributed by atoms with Gasteiger partial charge in [0, 0.05) is 11.5 Å². The fourth-order valence-electron chi connectivity index (χ4n) is 0.833. The van der Waals surface area contributed by atoms with Crippen molar-refractivity contribution in [3.63, 3.8) is 0 Å². The second kappa shape index (κ2) is 3.72. The van der Waals surface area contributed by atoms with E-state index in [1.54, 1.807) is 7.11 Å². The minimum absolute atomic E-state index is 0.816. The molecule has 1 aromatic rings. The zero-order valence-electron chi connectivity index (χ0n) is 6.60. The first-order chi connectivity index (χ1) is 5.27. The monoisotopic (exact) mass is 215 g/mol. The number of alkyl halides is 1. The fourth-order valence-corrected chi connectivity index (χ4v) is 1.14. The molecule has 0 aliphatic carbocycles. The number of nitrogens with zero attached hydrogens (tertiary/aromatic N) is 1. The third-order valence-electron chi connectivity index (χ3n) is 1.47. The highest BCUT2D eigenvalue weighted by molar-refractivity contribution is 9.08. The average molecular weight is 216 g/mol. The zero-order valence-corrected chi connectivity index (χ0v) is 8.18. The molecule has 0 unspecified atom stereocenters. The highest BCUT2D eigenvalue weighted by Gasteiger charge is 1.99. The van der Waals surface area contributed by atoms with Crippen LogP contribution in [-0.4, -0.2) is 12.1 Å². The van der Waals surface area contributed by atoms with Gasteiger partial charge in [-0.1, -0.05) is 15.9 Å². The summed E-state index contributed by atoms with van der Waals surface area (Å²) in [6.45, 7) is 1.93. The summed E-state index contributed by atoms with van der Waals surface area (Å²) >= 11 is 3.35. The fraction of sp³-hybridized carbons (Fsp3) is 0.375. The largest absolute Gasteiger partial charge is 0.495 e. The third-order valence-corrected chi connectivity index (χ3v) is 2.12. The predicted molar refractivity (Wildman–Crippen MR) is 48.2 cm³/mol. The summed E-state index contributed by atoms with van der Waals surface area (Å²) in [5.74, 6) is 0.849. The summed E-state index contributed by atoms with van der Waals surface area (Å²) in [4.78, 5) is 4.17. The van der Waals surface area contributed by atoms with Gasteiger partial charge >= 0.3 is 0 Å². The molecule has 0 saturated heterocycles. The third kappa shape index (κ3) is 1.93. The minimum atomic E-state index is 0.816. The van der Waals surface area contributed by atoms with Gasteiger partial charge in [0.1, 0.15) is 5.75 Å². The van der Waals surface area contributed by atoms with Crippen LogP contribution in [0.15, 0.2) is 12.3 Å². The minimum Gasteiger partial charge on any atom is -0.495 e. The van der Waals surface area contributed by atoms with Crippen LogP contribution in [0.1, 0.15) is 11.3 Å². The highest BCUT2D eigenvalue weighted by atomic mass is 79.9. The number of halogens is 1. The maximum Gasteiger partial charge on any atom is 0.140 e. The van der Waals surface area contributed by atoms with E-state index >= 15 is 0 Å². The molecule has 1 rings (SSSR count). The van der Waals surface area contributed by atoms with Crippen LogP contribution < -0.4 is 4.74 Å². The first-order valence-electron chi connectivity index (χ1n) is 3.33. The maximum absolute atomic E-state index is 5.10. The number of rotatable bonds is 2. The Morgan fingerprint density at radius 2 is 2.36 bits per heavy atom. The van der Waals surface area contributed by atoms with Crippen LogP contribution in [0.2, 0.25) is 0 Å². The highest BCUT2D eigenvalue weighted by Crippen LogP contribution is 2.17. The number of methoxy groups -OCH3 is 1. The van der Waals surface area contributed by atoms with E-state index in [1.807, 2.05) is 19.2 Å². The van der Waals surface area contributed by atoms with Crippen LogP contribution in [0.4, 0.5) is 0 Å². The molecule has 3 heteroatoms. The summed E-state index contributed by atoms with van der Waals surface area (Å²) in [6, 6.07) is 1.98. The van der Waals surface area contributed by atoms with Gasteiger partial charge in [-0.2, -0.15) is 0 Å². The molecule has 0 spiro atoms. The molecule has 0 aliphatic heterocycles. The van der Waals surface area contributed by atoms with Crippen LogP contribution in [0, 0.1) is 6.92 Å². The number of hydrogen-bond acceptors (Lipinski definition) is 2. The molecule has 0 N–H and O–H groups in total. The van der Waals surface area contributed by atoms with Gasteiger partial charge in [-0.3, -0.25) is 4.98 Å². The molecular weight excluding hydrogens is 206 g/mol. The van der Waals surface area contributed by atoms with Crippen molar-refractivity contribution in [1.29, 1.82) is 0 Å². The van der Waals surface area contributed by atoms with Crippen LogP contribution >= 0.6 is 15.9 Å². The summed E-state index contributed by atoms with van der Waals surface area (Å²) in [6.07, 6.45) is 1.84. The van der Waals surface area contributed by atoms with Gasteiger partial charge in [0.25, 0.3) is 0 Å². The number of aryl methyl sites for hydroxylation is 1. The van der Waals surface area contributed by atoms with Gasteiger partial charge in [0.05, 0.1) is 12.8 Å². The van der Waals surface area contributed by atoms with Crippen molar-refractivity contribution in [1.82, 2.24) is 4.98 Å². The van der Waals surface area contributed by atoms with E-state index in [2.05, 4.69) is 20.9 Å². The average Bonchev–Trinajstić information content (AvgIpc) is 2.05. The van der Waals surface area contributed by atoms with Crippen molar-refractivity contribution in [3.05, 3.63) is 23.5 Å². The summed E-state index contributed by atoms with van der Waals surface area (Å²) in [5.41, 5.74) is 2.06. The van der Waals surface area contributed by atoms with Crippen molar-refractivity contribution in [3.8, 4) is 5.75 Å².